The second-order valence-electron chi connectivity index (χ2n) is 9.18. The van der Waals surface area contributed by atoms with Crippen LogP contribution in [0.25, 0.3) is 0 Å². The predicted molar refractivity (Wildman–Crippen MR) is 124 cm³/mol. The molecule has 7 heteroatoms. The van der Waals surface area contributed by atoms with Crippen LogP contribution in [0.1, 0.15) is 55.3 Å². The summed E-state index contributed by atoms with van der Waals surface area (Å²) in [7, 11) is 0. The van der Waals surface area contributed by atoms with Gasteiger partial charge < -0.3 is 15.0 Å². The van der Waals surface area contributed by atoms with Gasteiger partial charge in [0.2, 0.25) is 5.91 Å². The van der Waals surface area contributed by atoms with E-state index in [2.05, 4.69) is 26.1 Å². The van der Waals surface area contributed by atoms with E-state index in [0.29, 0.717) is 18.7 Å². The minimum Gasteiger partial charge on any atom is -0.379 e. The summed E-state index contributed by atoms with van der Waals surface area (Å²) in [5, 5.41) is 3.31. The molecule has 1 saturated carbocycles. The highest BCUT2D eigenvalue weighted by Gasteiger charge is 2.39. The Kier molecular flexibility index (Phi) is 7.67. The number of morpholine rings is 1. The second-order valence-corrected chi connectivity index (χ2v) is 10.1. The Balaban J connectivity index is 1.29. The van der Waals surface area contributed by atoms with Gasteiger partial charge >= 0.3 is 0 Å². The molecule has 2 amide bonds. The molecule has 4 rings (SSSR count). The van der Waals surface area contributed by atoms with E-state index in [4.69, 9.17) is 4.74 Å². The van der Waals surface area contributed by atoms with Crippen molar-refractivity contribution >= 4 is 27.7 Å². The molecule has 2 heterocycles. The van der Waals surface area contributed by atoms with Gasteiger partial charge in [-0.1, -0.05) is 35.2 Å². The van der Waals surface area contributed by atoms with Crippen molar-refractivity contribution in [2.45, 2.75) is 50.5 Å². The maximum absolute atomic E-state index is 13.0. The summed E-state index contributed by atoms with van der Waals surface area (Å²) in [5.41, 5.74) is 0.798. The molecule has 3 fully saturated rings. The van der Waals surface area contributed by atoms with Crippen molar-refractivity contribution in [3.8, 4) is 0 Å². The largest absolute Gasteiger partial charge is 0.379 e. The molecule has 1 aromatic carbocycles. The minimum absolute atomic E-state index is 0.000650. The number of rotatable bonds is 5. The number of amides is 2. The van der Waals surface area contributed by atoms with Gasteiger partial charge in [-0.05, 0) is 49.9 Å². The average Bonchev–Trinajstić information content (AvgIpc) is 2.84. The third-order valence-corrected chi connectivity index (χ3v) is 7.83. The number of nitrogens with zero attached hydrogens (tertiary/aromatic N) is 2. The van der Waals surface area contributed by atoms with Crippen LogP contribution < -0.4 is 5.32 Å². The molecular weight excluding hydrogens is 458 g/mol. The van der Waals surface area contributed by atoms with Gasteiger partial charge in [0, 0.05) is 54.2 Å². The molecule has 6 nitrogen and oxygen atoms in total. The maximum Gasteiger partial charge on any atom is 0.253 e. The smallest absolute Gasteiger partial charge is 0.253 e. The van der Waals surface area contributed by atoms with Crippen molar-refractivity contribution in [3.63, 3.8) is 0 Å². The van der Waals surface area contributed by atoms with Crippen molar-refractivity contribution < 1.29 is 14.3 Å². The lowest BCUT2D eigenvalue weighted by Gasteiger charge is -2.48. The number of piperidine rings is 1. The van der Waals surface area contributed by atoms with Gasteiger partial charge in [-0.25, -0.2) is 0 Å². The Morgan fingerprint density at radius 2 is 1.65 bits per heavy atom. The minimum atomic E-state index is -0.000650. The molecule has 170 valence electrons. The molecule has 0 spiro atoms. The summed E-state index contributed by atoms with van der Waals surface area (Å²) in [6, 6.07) is 7.48. The Bertz CT molecular complexity index is 750. The SMILES string of the molecule is O=C(NCC1(N2CCOCC2)CCCCC1)C1CCN(C(=O)c2ccc(Br)cc2)CC1. The molecule has 0 unspecified atom stereocenters. The van der Waals surface area contributed by atoms with E-state index >= 15 is 0 Å². The molecule has 1 aliphatic carbocycles. The van der Waals surface area contributed by atoms with Gasteiger partial charge in [0.1, 0.15) is 0 Å². The zero-order valence-electron chi connectivity index (χ0n) is 18.3. The number of likely N-dealkylation sites (tertiary alicyclic amines) is 1. The highest BCUT2D eigenvalue weighted by atomic mass is 79.9. The molecular formula is C24H34BrN3O3. The molecule has 0 radical (unpaired) electrons. The van der Waals surface area contributed by atoms with Crippen LogP contribution >= 0.6 is 15.9 Å². The topological polar surface area (TPSA) is 61.9 Å². The van der Waals surface area contributed by atoms with Crippen LogP contribution in [0.2, 0.25) is 0 Å². The highest BCUT2D eigenvalue weighted by Crippen LogP contribution is 2.34. The first-order valence-electron chi connectivity index (χ1n) is 11.7. The lowest BCUT2D eigenvalue weighted by Crippen LogP contribution is -2.60. The van der Waals surface area contributed by atoms with E-state index in [9.17, 15) is 9.59 Å². The second kappa shape index (κ2) is 10.5. The number of ether oxygens (including phenoxy) is 1. The van der Waals surface area contributed by atoms with E-state index in [1.54, 1.807) is 0 Å². The fourth-order valence-corrected chi connectivity index (χ4v) is 5.63. The van der Waals surface area contributed by atoms with Crippen molar-refractivity contribution in [1.82, 2.24) is 15.1 Å². The molecule has 2 aliphatic heterocycles. The Morgan fingerprint density at radius 3 is 2.29 bits per heavy atom. The van der Waals surface area contributed by atoms with Crippen molar-refractivity contribution in [2.24, 2.45) is 5.92 Å². The van der Waals surface area contributed by atoms with Gasteiger partial charge in [-0.2, -0.15) is 0 Å². The monoisotopic (exact) mass is 491 g/mol. The van der Waals surface area contributed by atoms with Crippen LogP contribution in [0.5, 0.6) is 0 Å². The highest BCUT2D eigenvalue weighted by molar-refractivity contribution is 9.10. The fraction of sp³-hybridized carbons (Fsp3) is 0.667. The maximum atomic E-state index is 13.0. The first-order valence-corrected chi connectivity index (χ1v) is 12.5. The van der Waals surface area contributed by atoms with E-state index in [-0.39, 0.29) is 23.3 Å². The summed E-state index contributed by atoms with van der Waals surface area (Å²) in [6.45, 7) is 5.53. The summed E-state index contributed by atoms with van der Waals surface area (Å²) in [4.78, 5) is 30.2. The van der Waals surface area contributed by atoms with E-state index < -0.39 is 0 Å². The zero-order valence-corrected chi connectivity index (χ0v) is 19.9. The van der Waals surface area contributed by atoms with Crippen LogP contribution in [0.4, 0.5) is 0 Å². The number of carbonyl (C=O) groups excluding carboxylic acids is 2. The summed E-state index contributed by atoms with van der Waals surface area (Å²) < 4.78 is 6.52. The molecule has 31 heavy (non-hydrogen) atoms. The molecule has 0 aromatic heterocycles. The van der Waals surface area contributed by atoms with E-state index in [1.165, 1.54) is 19.3 Å². The number of nitrogens with one attached hydrogen (secondary N) is 1. The summed E-state index contributed by atoms with van der Waals surface area (Å²) in [6.07, 6.45) is 7.57. The lowest BCUT2D eigenvalue weighted by atomic mass is 9.79. The molecule has 0 bridgehead atoms. The Hall–Kier alpha value is -1.44. The Morgan fingerprint density at radius 1 is 1.00 bits per heavy atom. The quantitative estimate of drug-likeness (QED) is 0.684. The van der Waals surface area contributed by atoms with Crippen LogP contribution in [0.15, 0.2) is 28.7 Å². The number of benzene rings is 1. The molecule has 1 aromatic rings. The van der Waals surface area contributed by atoms with Gasteiger partial charge in [-0.3, -0.25) is 14.5 Å². The fourth-order valence-electron chi connectivity index (χ4n) is 5.37. The predicted octanol–water partition coefficient (Wildman–Crippen LogP) is 3.45. The Labute approximate surface area is 193 Å². The normalized spacial score (nSPS) is 22.8. The third kappa shape index (κ3) is 5.49. The summed E-state index contributed by atoms with van der Waals surface area (Å²) in [5.74, 6) is 0.216. The van der Waals surface area contributed by atoms with Crippen molar-refractivity contribution in [1.29, 1.82) is 0 Å². The molecule has 2 saturated heterocycles. The van der Waals surface area contributed by atoms with Gasteiger partial charge in [0.05, 0.1) is 13.2 Å². The molecule has 3 aliphatic rings. The number of hydrogen-bond donors (Lipinski definition) is 1. The van der Waals surface area contributed by atoms with Gasteiger partial charge in [0.15, 0.2) is 0 Å². The standard InChI is InChI=1S/C24H34BrN3O3/c25-21-6-4-20(5-7-21)23(30)27-12-8-19(9-13-27)22(29)26-18-24(10-2-1-3-11-24)28-14-16-31-17-15-28/h4-7,19H,1-3,8-18H2,(H,26,29). The number of hydrogen-bond acceptors (Lipinski definition) is 4. The molecule has 1 N–H and O–H groups in total. The van der Waals surface area contributed by atoms with Crippen LogP contribution in [0.3, 0.4) is 0 Å². The first kappa shape index (κ1) is 22.7. The number of carbonyl (C=O) groups is 2. The first-order chi connectivity index (χ1) is 15.1. The number of halogens is 1. The van der Waals surface area contributed by atoms with Gasteiger partial charge in [0.25, 0.3) is 5.91 Å². The van der Waals surface area contributed by atoms with E-state index in [1.807, 2.05) is 29.2 Å². The van der Waals surface area contributed by atoms with Crippen molar-refractivity contribution in [3.05, 3.63) is 34.3 Å². The van der Waals surface area contributed by atoms with Crippen LogP contribution in [-0.2, 0) is 9.53 Å². The lowest BCUT2D eigenvalue weighted by molar-refractivity contribution is -0.127. The van der Waals surface area contributed by atoms with E-state index in [0.717, 1.165) is 63.0 Å². The average molecular weight is 492 g/mol. The van der Waals surface area contributed by atoms with Crippen molar-refractivity contribution in [2.75, 3.05) is 45.9 Å². The summed E-state index contributed by atoms with van der Waals surface area (Å²) >= 11 is 3.41. The third-order valence-electron chi connectivity index (χ3n) is 7.30. The van der Waals surface area contributed by atoms with Crippen LogP contribution in [0, 0.1) is 5.92 Å². The van der Waals surface area contributed by atoms with Crippen LogP contribution in [-0.4, -0.2) is 73.1 Å². The zero-order chi connectivity index (χ0) is 21.7. The molecule has 0 atom stereocenters. The van der Waals surface area contributed by atoms with Gasteiger partial charge in [-0.15, -0.1) is 0 Å².